The molecule has 0 nitrogen and oxygen atoms in total. The lowest BCUT2D eigenvalue weighted by Gasteiger charge is -2.47. The predicted molar refractivity (Wildman–Crippen MR) is 52.9 cm³/mol. The molecule has 12 heavy (non-hydrogen) atoms. The van der Waals surface area contributed by atoms with Crippen LogP contribution in [0.25, 0.3) is 0 Å². The predicted octanol–water partition coefficient (Wildman–Crippen LogP) is 3.71. The summed E-state index contributed by atoms with van der Waals surface area (Å²) in [4.78, 5) is 0. The first-order valence-corrected chi connectivity index (χ1v) is 5.48. The third-order valence-corrected chi connectivity index (χ3v) is 5.42. The zero-order chi connectivity index (χ0) is 9.15. The van der Waals surface area contributed by atoms with Gasteiger partial charge in [-0.25, -0.2) is 0 Å². The van der Waals surface area contributed by atoms with Crippen LogP contribution in [0.3, 0.4) is 0 Å². The first kappa shape index (κ1) is 8.59. The van der Waals surface area contributed by atoms with Gasteiger partial charge in [-0.1, -0.05) is 41.0 Å². The van der Waals surface area contributed by atoms with Gasteiger partial charge < -0.3 is 0 Å². The molecule has 0 amide bonds. The van der Waals surface area contributed by atoms with Crippen molar-refractivity contribution in [3.05, 3.63) is 0 Å². The van der Waals surface area contributed by atoms with Gasteiger partial charge in [0.15, 0.2) is 0 Å². The van der Waals surface area contributed by atoms with E-state index in [0.29, 0.717) is 5.41 Å². The lowest BCUT2D eigenvalue weighted by atomic mass is 9.58. The molecule has 0 saturated heterocycles. The highest BCUT2D eigenvalue weighted by Crippen LogP contribution is 2.81. The van der Waals surface area contributed by atoms with Gasteiger partial charge in [-0.3, -0.25) is 0 Å². The van der Waals surface area contributed by atoms with Crippen LogP contribution < -0.4 is 0 Å². The highest BCUT2D eigenvalue weighted by Gasteiger charge is 2.75. The van der Waals surface area contributed by atoms with E-state index >= 15 is 0 Å². The quantitative estimate of drug-likeness (QED) is 0.557. The van der Waals surface area contributed by atoms with Crippen molar-refractivity contribution in [1.82, 2.24) is 0 Å². The molecule has 0 aromatic carbocycles. The van der Waals surface area contributed by atoms with Crippen molar-refractivity contribution in [1.29, 1.82) is 0 Å². The van der Waals surface area contributed by atoms with Crippen LogP contribution in [-0.2, 0) is 0 Å². The largest absolute Gasteiger partial charge is 0.0651 e. The van der Waals surface area contributed by atoms with E-state index in [1.807, 2.05) is 0 Å². The molecular weight excluding hydrogens is 144 g/mol. The number of hydrogen-bond donors (Lipinski definition) is 0. The molecule has 70 valence electrons. The Morgan fingerprint density at radius 3 is 1.92 bits per heavy atom. The topological polar surface area (TPSA) is 0 Å². The third kappa shape index (κ3) is 0.625. The lowest BCUT2D eigenvalue weighted by molar-refractivity contribution is 0.0191. The molecule has 2 aliphatic carbocycles. The Morgan fingerprint density at radius 1 is 1.25 bits per heavy atom. The van der Waals surface area contributed by atoms with E-state index in [-0.39, 0.29) is 0 Å². The molecule has 0 aromatic heterocycles. The Bertz CT molecular complexity index is 204. The van der Waals surface area contributed by atoms with Gasteiger partial charge in [0.25, 0.3) is 0 Å². The van der Waals surface area contributed by atoms with Crippen LogP contribution in [0.4, 0.5) is 0 Å². The molecule has 2 aliphatic rings. The van der Waals surface area contributed by atoms with Gasteiger partial charge >= 0.3 is 0 Å². The average molecular weight is 166 g/mol. The van der Waals surface area contributed by atoms with Gasteiger partial charge in [0.2, 0.25) is 0 Å². The van der Waals surface area contributed by atoms with Crippen LogP contribution in [0.5, 0.6) is 0 Å². The molecule has 4 unspecified atom stereocenters. The maximum Gasteiger partial charge on any atom is -0.0179 e. The molecule has 0 bridgehead atoms. The summed E-state index contributed by atoms with van der Waals surface area (Å²) in [5.74, 6) is 3.01. The van der Waals surface area contributed by atoms with Crippen LogP contribution >= 0.6 is 0 Å². The molecule has 2 fully saturated rings. The van der Waals surface area contributed by atoms with Gasteiger partial charge in [0.05, 0.1) is 0 Å². The summed E-state index contributed by atoms with van der Waals surface area (Å²) in [5, 5.41) is 0. The minimum atomic E-state index is 0.653. The zero-order valence-corrected chi connectivity index (χ0v) is 9.15. The maximum absolute atomic E-state index is 2.46. The lowest BCUT2D eigenvalue weighted by Crippen LogP contribution is -2.40. The van der Waals surface area contributed by atoms with Crippen molar-refractivity contribution in [2.75, 3.05) is 0 Å². The molecule has 0 aromatic rings. The molecule has 0 N–H and O–H groups in total. The minimum Gasteiger partial charge on any atom is -0.0651 e. The fraction of sp³-hybridized carbons (Fsp3) is 1.00. The van der Waals surface area contributed by atoms with Crippen molar-refractivity contribution in [3.8, 4) is 0 Å². The first-order chi connectivity index (χ1) is 5.48. The summed E-state index contributed by atoms with van der Waals surface area (Å²) >= 11 is 0. The van der Waals surface area contributed by atoms with Gasteiger partial charge in [-0.15, -0.1) is 0 Å². The summed E-state index contributed by atoms with van der Waals surface area (Å²) in [6, 6.07) is 0. The second-order valence-electron chi connectivity index (χ2n) is 5.68. The Morgan fingerprint density at radius 2 is 1.75 bits per heavy atom. The van der Waals surface area contributed by atoms with Crippen LogP contribution in [0, 0.1) is 28.6 Å². The molecule has 1 spiro atoms. The second-order valence-corrected chi connectivity index (χ2v) is 5.68. The molecule has 0 aliphatic heterocycles. The van der Waals surface area contributed by atoms with E-state index in [9.17, 15) is 0 Å². The van der Waals surface area contributed by atoms with Gasteiger partial charge in [-0.05, 0) is 35.0 Å². The fourth-order valence-corrected chi connectivity index (χ4v) is 4.34. The van der Waals surface area contributed by atoms with E-state index < -0.39 is 0 Å². The van der Waals surface area contributed by atoms with Gasteiger partial charge in [-0.2, -0.15) is 0 Å². The van der Waals surface area contributed by atoms with Crippen LogP contribution in [0.2, 0.25) is 0 Å². The van der Waals surface area contributed by atoms with Crippen molar-refractivity contribution >= 4 is 0 Å². The SMILES string of the molecule is CCC1C(C)CC12C(C)C2(C)C. The van der Waals surface area contributed by atoms with Gasteiger partial charge in [0, 0.05) is 0 Å². The molecule has 4 atom stereocenters. The zero-order valence-electron chi connectivity index (χ0n) is 9.15. The van der Waals surface area contributed by atoms with Crippen LogP contribution in [0.15, 0.2) is 0 Å². The smallest absolute Gasteiger partial charge is 0.0179 e. The Kier molecular flexibility index (Phi) is 1.49. The Balaban J connectivity index is 2.18. The highest BCUT2D eigenvalue weighted by molar-refractivity contribution is 5.23. The number of hydrogen-bond acceptors (Lipinski definition) is 0. The summed E-state index contributed by atoms with van der Waals surface area (Å²) in [6.45, 7) is 12.2. The minimum absolute atomic E-state index is 0.653. The van der Waals surface area contributed by atoms with Crippen molar-refractivity contribution in [2.24, 2.45) is 28.6 Å². The van der Waals surface area contributed by atoms with Crippen LogP contribution in [-0.4, -0.2) is 0 Å². The molecule has 2 rings (SSSR count). The van der Waals surface area contributed by atoms with Crippen molar-refractivity contribution in [2.45, 2.75) is 47.5 Å². The van der Waals surface area contributed by atoms with E-state index in [2.05, 4.69) is 34.6 Å². The summed E-state index contributed by atoms with van der Waals surface area (Å²) in [5.41, 5.74) is 1.42. The molecular formula is C12H22. The summed E-state index contributed by atoms with van der Waals surface area (Å²) in [6.07, 6.45) is 2.90. The second kappa shape index (κ2) is 2.08. The molecule has 0 heteroatoms. The maximum atomic E-state index is 2.46. The third-order valence-electron chi connectivity index (χ3n) is 5.42. The summed E-state index contributed by atoms with van der Waals surface area (Å²) < 4.78 is 0. The Hall–Kier alpha value is 0. The van der Waals surface area contributed by atoms with Crippen molar-refractivity contribution < 1.29 is 0 Å². The van der Waals surface area contributed by atoms with E-state index in [4.69, 9.17) is 0 Å². The standard InChI is InChI=1S/C12H22/c1-6-10-8(2)7-12(10)9(3)11(12,4)5/h8-10H,6-7H2,1-5H3. The highest BCUT2D eigenvalue weighted by atomic mass is 14.8. The molecule has 0 heterocycles. The van der Waals surface area contributed by atoms with Crippen molar-refractivity contribution in [3.63, 3.8) is 0 Å². The monoisotopic (exact) mass is 166 g/mol. The molecule has 0 radical (unpaired) electrons. The first-order valence-electron chi connectivity index (χ1n) is 5.48. The van der Waals surface area contributed by atoms with Crippen LogP contribution in [0.1, 0.15) is 47.5 Å². The normalized spacial score (nSPS) is 55.2. The summed E-state index contributed by atoms with van der Waals surface area (Å²) in [7, 11) is 0. The fourth-order valence-electron chi connectivity index (χ4n) is 4.34. The molecule has 2 saturated carbocycles. The number of rotatable bonds is 1. The van der Waals surface area contributed by atoms with Gasteiger partial charge in [0.1, 0.15) is 0 Å². The van der Waals surface area contributed by atoms with E-state index in [1.54, 1.807) is 0 Å². The van der Waals surface area contributed by atoms with E-state index in [0.717, 1.165) is 23.2 Å². The average Bonchev–Trinajstić information content (AvgIpc) is 2.37. The Labute approximate surface area is 76.7 Å². The van der Waals surface area contributed by atoms with E-state index in [1.165, 1.54) is 12.8 Å².